The van der Waals surface area contributed by atoms with Gasteiger partial charge < -0.3 is 10.8 Å². The van der Waals surface area contributed by atoms with Crippen molar-refractivity contribution in [1.82, 2.24) is 4.31 Å². The number of nitrogens with zero attached hydrogens (tertiary/aromatic N) is 1. The van der Waals surface area contributed by atoms with Crippen LogP contribution >= 0.6 is 11.6 Å². The number of anilines is 1. The van der Waals surface area contributed by atoms with E-state index in [2.05, 4.69) is 0 Å². The van der Waals surface area contributed by atoms with Crippen LogP contribution in [0, 0.1) is 5.82 Å². The zero-order chi connectivity index (χ0) is 15.8. The molecule has 0 heterocycles. The first kappa shape index (κ1) is 16.5. The minimum absolute atomic E-state index is 0.0421. The molecule has 1 fully saturated rings. The largest absolute Gasteiger partial charge is 0.396 e. The van der Waals surface area contributed by atoms with Crippen molar-refractivity contribution in [3.63, 3.8) is 0 Å². The average Bonchev–Trinajstić information content (AvgIpc) is 2.80. The fraction of sp³-hybridized carbons (Fsp3) is 0.538. The molecule has 0 bridgehead atoms. The fourth-order valence-corrected chi connectivity index (χ4v) is 4.29. The Balaban J connectivity index is 2.33. The van der Waals surface area contributed by atoms with Crippen LogP contribution in [-0.4, -0.2) is 37.0 Å². The molecular formula is C13H18ClFN2O3S. The van der Waals surface area contributed by atoms with Crippen molar-refractivity contribution >= 4 is 27.3 Å². The number of aliphatic hydroxyl groups is 1. The van der Waals surface area contributed by atoms with Gasteiger partial charge in [0.25, 0.3) is 0 Å². The molecule has 1 saturated carbocycles. The number of rotatable bonds is 4. The van der Waals surface area contributed by atoms with E-state index in [9.17, 15) is 17.9 Å². The fourth-order valence-electron chi connectivity index (χ4n) is 2.63. The van der Waals surface area contributed by atoms with Crippen molar-refractivity contribution in [3.8, 4) is 0 Å². The molecule has 8 heteroatoms. The summed E-state index contributed by atoms with van der Waals surface area (Å²) < 4.78 is 39.8. The lowest BCUT2D eigenvalue weighted by Crippen LogP contribution is -2.42. The molecule has 0 unspecified atom stereocenters. The van der Waals surface area contributed by atoms with Crippen molar-refractivity contribution in [3.05, 3.63) is 23.0 Å². The average molecular weight is 337 g/mol. The van der Waals surface area contributed by atoms with E-state index >= 15 is 0 Å². The number of hydrogen-bond donors (Lipinski definition) is 2. The Hall–Kier alpha value is -0.890. The predicted octanol–water partition coefficient (Wildman–Crippen LogP) is 1.99. The van der Waals surface area contributed by atoms with Gasteiger partial charge in [0.15, 0.2) is 5.82 Å². The van der Waals surface area contributed by atoms with Gasteiger partial charge in [-0.25, -0.2) is 12.8 Å². The molecule has 0 aliphatic heterocycles. The molecule has 1 aromatic rings. The Morgan fingerprint density at radius 2 is 2.00 bits per heavy atom. The SMILES string of the molecule is CN(CC1(O)CCCC1)S(=O)(=O)c1cc(Cl)cc(N)c1F. The highest BCUT2D eigenvalue weighted by Crippen LogP contribution is 2.32. The van der Waals surface area contributed by atoms with Crippen LogP contribution in [0.5, 0.6) is 0 Å². The van der Waals surface area contributed by atoms with Crippen LogP contribution < -0.4 is 5.73 Å². The predicted molar refractivity (Wildman–Crippen MR) is 79.1 cm³/mol. The number of likely N-dealkylation sites (N-methyl/N-ethyl adjacent to an activating group) is 1. The monoisotopic (exact) mass is 336 g/mol. The molecule has 1 aliphatic rings. The molecule has 2 rings (SSSR count). The second-order valence-corrected chi connectivity index (χ2v) is 7.95. The van der Waals surface area contributed by atoms with E-state index in [0.717, 1.165) is 29.3 Å². The molecule has 0 atom stereocenters. The molecule has 1 aliphatic carbocycles. The standard InChI is InChI=1S/C13H18ClFN2O3S/c1-17(8-13(18)4-2-3-5-13)21(19,20)11-7-9(14)6-10(16)12(11)15/h6-7,18H,2-5,8,16H2,1H3. The van der Waals surface area contributed by atoms with Gasteiger partial charge in [0.1, 0.15) is 4.90 Å². The lowest BCUT2D eigenvalue weighted by molar-refractivity contribution is 0.0333. The molecule has 0 aromatic heterocycles. The van der Waals surface area contributed by atoms with Crippen molar-refractivity contribution in [1.29, 1.82) is 0 Å². The summed E-state index contributed by atoms with van der Waals surface area (Å²) in [5, 5.41) is 10.3. The Morgan fingerprint density at radius 3 is 2.57 bits per heavy atom. The van der Waals surface area contributed by atoms with Crippen LogP contribution in [-0.2, 0) is 10.0 Å². The van der Waals surface area contributed by atoms with Gasteiger partial charge in [0.2, 0.25) is 10.0 Å². The van der Waals surface area contributed by atoms with Crippen molar-refractivity contribution in [2.24, 2.45) is 0 Å². The van der Waals surface area contributed by atoms with Gasteiger partial charge in [-0.1, -0.05) is 24.4 Å². The molecular weight excluding hydrogens is 319 g/mol. The van der Waals surface area contributed by atoms with E-state index in [1.165, 1.54) is 7.05 Å². The lowest BCUT2D eigenvalue weighted by Gasteiger charge is -2.28. The Bertz CT molecular complexity index is 645. The second kappa shape index (κ2) is 5.72. The highest BCUT2D eigenvalue weighted by atomic mass is 35.5. The molecule has 0 amide bonds. The van der Waals surface area contributed by atoms with Gasteiger partial charge in [-0.15, -0.1) is 0 Å². The maximum atomic E-state index is 14.0. The quantitative estimate of drug-likeness (QED) is 0.824. The number of halogens is 2. The Kier molecular flexibility index (Phi) is 4.49. The summed E-state index contributed by atoms with van der Waals surface area (Å²) in [5.41, 5.74) is 4.04. The Morgan fingerprint density at radius 1 is 1.43 bits per heavy atom. The van der Waals surface area contributed by atoms with E-state index in [0.29, 0.717) is 12.8 Å². The van der Waals surface area contributed by atoms with Crippen LogP contribution in [0.1, 0.15) is 25.7 Å². The molecule has 118 valence electrons. The van der Waals surface area contributed by atoms with Gasteiger partial charge in [-0.2, -0.15) is 4.31 Å². The molecule has 1 aromatic carbocycles. The van der Waals surface area contributed by atoms with Crippen molar-refractivity contribution in [2.45, 2.75) is 36.2 Å². The van der Waals surface area contributed by atoms with E-state index in [1.807, 2.05) is 0 Å². The molecule has 5 nitrogen and oxygen atoms in total. The van der Waals surface area contributed by atoms with E-state index in [1.54, 1.807) is 0 Å². The van der Waals surface area contributed by atoms with Gasteiger partial charge >= 0.3 is 0 Å². The lowest BCUT2D eigenvalue weighted by atomic mass is 10.0. The summed E-state index contributed by atoms with van der Waals surface area (Å²) in [6, 6.07) is 2.18. The zero-order valence-electron chi connectivity index (χ0n) is 11.6. The number of nitrogen functional groups attached to an aromatic ring is 1. The highest BCUT2D eigenvalue weighted by molar-refractivity contribution is 7.89. The van der Waals surface area contributed by atoms with Gasteiger partial charge in [-0.3, -0.25) is 0 Å². The first-order valence-electron chi connectivity index (χ1n) is 6.59. The summed E-state index contributed by atoms with van der Waals surface area (Å²) in [6.45, 7) is -0.0822. The molecule has 0 radical (unpaired) electrons. The van der Waals surface area contributed by atoms with Gasteiger partial charge in [0, 0.05) is 18.6 Å². The van der Waals surface area contributed by atoms with Crippen LogP contribution in [0.3, 0.4) is 0 Å². The smallest absolute Gasteiger partial charge is 0.245 e. The van der Waals surface area contributed by atoms with E-state index in [4.69, 9.17) is 17.3 Å². The number of sulfonamides is 1. The second-order valence-electron chi connectivity index (χ2n) is 5.50. The van der Waals surface area contributed by atoms with Crippen LogP contribution in [0.2, 0.25) is 5.02 Å². The molecule has 0 spiro atoms. The van der Waals surface area contributed by atoms with Gasteiger partial charge in [0.05, 0.1) is 11.3 Å². The van der Waals surface area contributed by atoms with Gasteiger partial charge in [-0.05, 0) is 25.0 Å². The summed E-state index contributed by atoms with van der Waals surface area (Å²) in [4.78, 5) is -0.573. The minimum Gasteiger partial charge on any atom is -0.396 e. The maximum Gasteiger partial charge on any atom is 0.245 e. The third-order valence-electron chi connectivity index (χ3n) is 3.77. The van der Waals surface area contributed by atoms with Crippen LogP contribution in [0.15, 0.2) is 17.0 Å². The number of nitrogens with two attached hydrogens (primary N) is 1. The maximum absolute atomic E-state index is 14.0. The summed E-state index contributed by atoms with van der Waals surface area (Å²) in [6.07, 6.45) is 2.77. The van der Waals surface area contributed by atoms with Crippen LogP contribution in [0.25, 0.3) is 0 Å². The summed E-state index contributed by atoms with van der Waals surface area (Å²) in [5.74, 6) is -1.02. The highest BCUT2D eigenvalue weighted by Gasteiger charge is 2.36. The molecule has 0 saturated heterocycles. The van der Waals surface area contributed by atoms with E-state index < -0.39 is 26.3 Å². The first-order valence-corrected chi connectivity index (χ1v) is 8.41. The minimum atomic E-state index is -4.11. The first-order chi connectivity index (χ1) is 9.66. The third-order valence-corrected chi connectivity index (χ3v) is 5.79. The number of hydrogen-bond acceptors (Lipinski definition) is 4. The Labute approximate surface area is 128 Å². The number of benzene rings is 1. The summed E-state index contributed by atoms with van der Waals surface area (Å²) >= 11 is 5.75. The topological polar surface area (TPSA) is 83.6 Å². The molecule has 3 N–H and O–H groups in total. The normalized spacial score (nSPS) is 18.3. The van der Waals surface area contributed by atoms with Crippen LogP contribution in [0.4, 0.5) is 10.1 Å². The third kappa shape index (κ3) is 3.31. The summed E-state index contributed by atoms with van der Waals surface area (Å²) in [7, 11) is -2.80. The van der Waals surface area contributed by atoms with Crippen molar-refractivity contribution < 1.29 is 17.9 Å². The molecule has 21 heavy (non-hydrogen) atoms. The van der Waals surface area contributed by atoms with E-state index in [-0.39, 0.29) is 17.3 Å². The zero-order valence-corrected chi connectivity index (χ0v) is 13.2. The van der Waals surface area contributed by atoms with Crippen molar-refractivity contribution in [2.75, 3.05) is 19.3 Å².